The molecule has 1 aromatic carbocycles. The molecule has 1 atom stereocenters. The first-order valence-electron chi connectivity index (χ1n) is 10.9. The summed E-state index contributed by atoms with van der Waals surface area (Å²) in [6.45, 7) is 3.14. The molecule has 1 N–H and O–H groups in total. The van der Waals surface area contributed by atoms with E-state index in [2.05, 4.69) is 10.4 Å². The fraction of sp³-hybridized carbons (Fsp3) is 0.478. The van der Waals surface area contributed by atoms with Gasteiger partial charge in [-0.1, -0.05) is 18.2 Å². The summed E-state index contributed by atoms with van der Waals surface area (Å²) in [5, 5.41) is 6.99. The molecule has 0 bridgehead atoms. The Morgan fingerprint density at radius 1 is 1.25 bits per heavy atom. The molecule has 32 heavy (non-hydrogen) atoms. The highest BCUT2D eigenvalue weighted by molar-refractivity contribution is 5.90. The molecule has 1 aromatic heterocycles. The summed E-state index contributed by atoms with van der Waals surface area (Å²) in [6.07, 6.45) is 5.50. The molecule has 2 amide bonds. The molecule has 2 aromatic rings. The average molecular weight is 443 g/mol. The van der Waals surface area contributed by atoms with Gasteiger partial charge in [0.1, 0.15) is 12.3 Å². The molecule has 1 fully saturated rings. The first kappa shape index (κ1) is 23.3. The Balaban J connectivity index is 1.48. The largest absolute Gasteiger partial charge is 0.496 e. The van der Waals surface area contributed by atoms with Gasteiger partial charge in [-0.3, -0.25) is 19.1 Å². The third kappa shape index (κ3) is 6.32. The minimum absolute atomic E-state index is 0.0482. The summed E-state index contributed by atoms with van der Waals surface area (Å²) in [7, 11) is 1.61. The number of hydrogen-bond donors (Lipinski definition) is 1. The maximum absolute atomic E-state index is 12.7. The van der Waals surface area contributed by atoms with Gasteiger partial charge in [0.05, 0.1) is 31.5 Å². The zero-order valence-electron chi connectivity index (χ0n) is 18.6. The van der Waals surface area contributed by atoms with E-state index in [0.29, 0.717) is 38.2 Å². The molecule has 0 saturated carbocycles. The fourth-order valence-corrected chi connectivity index (χ4v) is 3.79. The number of carbonyl (C=O) groups excluding carboxylic acids is 3. The van der Waals surface area contributed by atoms with E-state index in [4.69, 9.17) is 9.47 Å². The third-order valence-corrected chi connectivity index (χ3v) is 5.42. The summed E-state index contributed by atoms with van der Waals surface area (Å²) in [5.41, 5.74) is 1.50. The number of piperidine rings is 1. The molecular weight excluding hydrogens is 412 g/mol. The van der Waals surface area contributed by atoms with Gasteiger partial charge in [-0.15, -0.1) is 0 Å². The van der Waals surface area contributed by atoms with Gasteiger partial charge < -0.3 is 19.7 Å². The van der Waals surface area contributed by atoms with Gasteiger partial charge in [0.25, 0.3) is 0 Å². The van der Waals surface area contributed by atoms with E-state index in [1.165, 1.54) is 10.9 Å². The van der Waals surface area contributed by atoms with Crippen LogP contribution < -0.4 is 10.1 Å². The number of nitrogens with one attached hydrogen (secondary N) is 1. The van der Waals surface area contributed by atoms with Crippen LogP contribution in [-0.2, 0) is 32.1 Å². The smallest absolute Gasteiger partial charge is 0.310 e. The van der Waals surface area contributed by atoms with Crippen LogP contribution in [0.15, 0.2) is 36.7 Å². The number of nitrogens with zero attached hydrogens (tertiary/aromatic N) is 3. The Morgan fingerprint density at radius 3 is 2.84 bits per heavy atom. The number of aryl methyl sites for hydroxylation is 1. The first-order chi connectivity index (χ1) is 15.5. The zero-order valence-corrected chi connectivity index (χ0v) is 18.6. The predicted octanol–water partition coefficient (Wildman–Crippen LogP) is 2.26. The maximum atomic E-state index is 12.7. The number of likely N-dealkylation sites (tertiary alicyclic amines) is 1. The predicted molar refractivity (Wildman–Crippen MR) is 118 cm³/mol. The lowest BCUT2D eigenvalue weighted by molar-refractivity contribution is -0.151. The monoisotopic (exact) mass is 442 g/mol. The van der Waals surface area contributed by atoms with Crippen LogP contribution in [0.3, 0.4) is 0 Å². The second kappa shape index (κ2) is 11.3. The molecule has 9 heteroatoms. The lowest BCUT2D eigenvalue weighted by Crippen LogP contribution is -2.44. The van der Waals surface area contributed by atoms with Crippen LogP contribution in [0.25, 0.3) is 0 Å². The number of ether oxygens (including phenoxy) is 2. The Labute approximate surface area is 187 Å². The summed E-state index contributed by atoms with van der Waals surface area (Å²) in [4.78, 5) is 38.6. The van der Waals surface area contributed by atoms with Crippen molar-refractivity contribution in [3.8, 4) is 5.75 Å². The third-order valence-electron chi connectivity index (χ3n) is 5.42. The molecule has 172 valence electrons. The molecule has 2 heterocycles. The Kier molecular flexibility index (Phi) is 8.24. The van der Waals surface area contributed by atoms with Gasteiger partial charge >= 0.3 is 5.97 Å². The number of methoxy groups -OCH3 is 1. The topological polar surface area (TPSA) is 103 Å². The minimum Gasteiger partial charge on any atom is -0.496 e. The zero-order chi connectivity index (χ0) is 22.9. The lowest BCUT2D eigenvalue weighted by Gasteiger charge is -2.31. The standard InChI is InChI=1S/C23H30N4O5/c1-3-32-23(30)18-8-6-12-26(14-18)22(29)16-27-15-19(13-24-27)25-21(28)11-10-17-7-4-5-9-20(17)31-2/h4-5,7,9,13,15,18H,3,6,8,10-12,14,16H2,1-2H3,(H,25,28)/t18-/m1/s1. The van der Waals surface area contributed by atoms with Gasteiger partial charge in [0.2, 0.25) is 11.8 Å². The van der Waals surface area contributed by atoms with Gasteiger partial charge in [-0.2, -0.15) is 5.10 Å². The van der Waals surface area contributed by atoms with Crippen LogP contribution in [-0.4, -0.2) is 59.3 Å². The molecule has 0 radical (unpaired) electrons. The number of carbonyl (C=O) groups is 3. The van der Waals surface area contributed by atoms with Crippen molar-refractivity contribution in [1.29, 1.82) is 0 Å². The molecule has 1 saturated heterocycles. The van der Waals surface area contributed by atoms with Crippen molar-refractivity contribution < 1.29 is 23.9 Å². The van der Waals surface area contributed by atoms with E-state index in [-0.39, 0.29) is 30.2 Å². The van der Waals surface area contributed by atoms with Crippen LogP contribution in [0.2, 0.25) is 0 Å². The Bertz CT molecular complexity index is 942. The number of amides is 2. The van der Waals surface area contributed by atoms with Gasteiger partial charge in [0.15, 0.2) is 0 Å². The van der Waals surface area contributed by atoms with Gasteiger partial charge in [-0.05, 0) is 37.8 Å². The van der Waals surface area contributed by atoms with Crippen molar-refractivity contribution in [1.82, 2.24) is 14.7 Å². The van der Waals surface area contributed by atoms with Crippen molar-refractivity contribution in [3.63, 3.8) is 0 Å². The number of hydrogen-bond acceptors (Lipinski definition) is 6. The second-order valence-electron chi connectivity index (χ2n) is 7.72. The number of rotatable bonds is 9. The minimum atomic E-state index is -0.275. The highest BCUT2D eigenvalue weighted by Crippen LogP contribution is 2.20. The Hall–Kier alpha value is -3.36. The number of benzene rings is 1. The van der Waals surface area contributed by atoms with E-state index in [9.17, 15) is 14.4 Å². The number of aromatic nitrogens is 2. The summed E-state index contributed by atoms with van der Waals surface area (Å²) < 4.78 is 11.9. The summed E-state index contributed by atoms with van der Waals surface area (Å²) in [5.74, 6) is -0.0219. The number of esters is 1. The molecule has 9 nitrogen and oxygen atoms in total. The van der Waals surface area contributed by atoms with Crippen LogP contribution in [0.4, 0.5) is 5.69 Å². The van der Waals surface area contributed by atoms with Crippen LogP contribution in [0, 0.1) is 5.92 Å². The van der Waals surface area contributed by atoms with E-state index in [1.54, 1.807) is 25.1 Å². The molecule has 0 aliphatic carbocycles. The molecule has 0 unspecified atom stereocenters. The highest BCUT2D eigenvalue weighted by atomic mass is 16.5. The lowest BCUT2D eigenvalue weighted by atomic mass is 9.98. The van der Waals surface area contributed by atoms with E-state index in [0.717, 1.165) is 24.2 Å². The highest BCUT2D eigenvalue weighted by Gasteiger charge is 2.29. The van der Waals surface area contributed by atoms with Crippen LogP contribution in [0.5, 0.6) is 5.75 Å². The molecule has 1 aliphatic heterocycles. The Morgan fingerprint density at radius 2 is 2.06 bits per heavy atom. The average Bonchev–Trinajstić information content (AvgIpc) is 3.24. The number of anilines is 1. The molecule has 3 rings (SSSR count). The van der Waals surface area contributed by atoms with Crippen LogP contribution in [0.1, 0.15) is 31.7 Å². The maximum Gasteiger partial charge on any atom is 0.310 e. The van der Waals surface area contributed by atoms with Gasteiger partial charge in [-0.25, -0.2) is 0 Å². The quantitative estimate of drug-likeness (QED) is 0.598. The number of para-hydroxylation sites is 1. The molecular formula is C23H30N4O5. The summed E-state index contributed by atoms with van der Waals surface area (Å²) >= 11 is 0. The van der Waals surface area contributed by atoms with Crippen molar-refractivity contribution in [2.45, 2.75) is 39.2 Å². The normalized spacial score (nSPS) is 15.8. The van der Waals surface area contributed by atoms with E-state index >= 15 is 0 Å². The fourth-order valence-electron chi connectivity index (χ4n) is 3.79. The molecule has 1 aliphatic rings. The second-order valence-corrected chi connectivity index (χ2v) is 7.72. The van der Waals surface area contributed by atoms with Crippen molar-refractivity contribution >= 4 is 23.5 Å². The van der Waals surface area contributed by atoms with Crippen molar-refractivity contribution in [3.05, 3.63) is 42.2 Å². The first-order valence-corrected chi connectivity index (χ1v) is 10.9. The van der Waals surface area contributed by atoms with Crippen LogP contribution >= 0.6 is 0 Å². The van der Waals surface area contributed by atoms with Crippen molar-refractivity contribution in [2.24, 2.45) is 5.92 Å². The SMILES string of the molecule is CCOC(=O)[C@@H]1CCCN(C(=O)Cn2cc(NC(=O)CCc3ccccc3OC)cn2)C1. The van der Waals surface area contributed by atoms with E-state index < -0.39 is 0 Å². The molecule has 0 spiro atoms. The summed E-state index contributed by atoms with van der Waals surface area (Å²) in [6, 6.07) is 7.60. The van der Waals surface area contributed by atoms with Crippen molar-refractivity contribution in [2.75, 3.05) is 32.1 Å². The van der Waals surface area contributed by atoms with Gasteiger partial charge in [0, 0.05) is 25.7 Å². The van der Waals surface area contributed by atoms with E-state index in [1.807, 2.05) is 24.3 Å².